The maximum Gasteiger partial charge on any atom is 0.315 e. The van der Waals surface area contributed by atoms with E-state index in [4.69, 9.17) is 0 Å². The number of ether oxygens (including phenoxy) is 1. The number of nitrogens with one attached hydrogen (secondary N) is 1. The van der Waals surface area contributed by atoms with Gasteiger partial charge in [-0.3, -0.25) is 14.7 Å². The van der Waals surface area contributed by atoms with Gasteiger partial charge in [-0.05, 0) is 12.5 Å². The number of hydrogen-bond acceptors (Lipinski definition) is 5. The lowest BCUT2D eigenvalue weighted by Gasteiger charge is -2.15. The lowest BCUT2D eigenvalue weighted by Crippen LogP contribution is -2.29. The van der Waals surface area contributed by atoms with Crippen molar-refractivity contribution in [3.05, 3.63) is 42.1 Å². The van der Waals surface area contributed by atoms with Crippen LogP contribution in [0, 0.1) is 0 Å². The smallest absolute Gasteiger partial charge is 0.315 e. The Balaban J connectivity index is 1.59. The van der Waals surface area contributed by atoms with Crippen molar-refractivity contribution in [1.82, 2.24) is 15.1 Å². The Morgan fingerprint density at radius 3 is 2.92 bits per heavy atom. The maximum atomic E-state index is 12.6. The fourth-order valence-electron chi connectivity index (χ4n) is 2.65. The molecule has 1 N–H and O–H groups in total. The van der Waals surface area contributed by atoms with Crippen molar-refractivity contribution in [1.29, 1.82) is 0 Å². The van der Waals surface area contributed by atoms with E-state index in [2.05, 4.69) is 14.9 Å². The van der Waals surface area contributed by atoms with E-state index in [0.29, 0.717) is 24.5 Å². The number of hydrogen-bond donors (Lipinski definition) is 1. The van der Waals surface area contributed by atoms with Gasteiger partial charge in [0.15, 0.2) is 0 Å². The molecule has 0 aliphatic carbocycles. The van der Waals surface area contributed by atoms with Crippen LogP contribution in [-0.2, 0) is 9.53 Å². The molecule has 0 saturated carbocycles. The number of carbonyl (C=O) groups excluding carboxylic acids is 2. The number of thioether (sulfide) groups is 1. The Morgan fingerprint density at radius 1 is 1.38 bits per heavy atom. The van der Waals surface area contributed by atoms with Gasteiger partial charge in [-0.15, -0.1) is 11.8 Å². The van der Waals surface area contributed by atoms with Gasteiger partial charge in [-0.2, -0.15) is 5.10 Å². The molecule has 1 aromatic heterocycles. The molecule has 1 aromatic carbocycles. The fraction of sp³-hybridized carbons (Fsp3) is 0.353. The quantitative estimate of drug-likeness (QED) is 0.841. The summed E-state index contributed by atoms with van der Waals surface area (Å²) < 4.78 is 4.64. The van der Waals surface area contributed by atoms with Gasteiger partial charge in [0.2, 0.25) is 0 Å². The van der Waals surface area contributed by atoms with Crippen molar-refractivity contribution >= 4 is 23.6 Å². The molecule has 126 valence electrons. The molecule has 1 atom stereocenters. The Morgan fingerprint density at radius 2 is 2.17 bits per heavy atom. The molecule has 0 unspecified atom stereocenters. The Labute approximate surface area is 144 Å². The molecule has 0 bridgehead atoms. The summed E-state index contributed by atoms with van der Waals surface area (Å²) in [5.74, 6) is 0.0440. The highest BCUT2D eigenvalue weighted by Crippen LogP contribution is 2.24. The average molecular weight is 345 g/mol. The Hall–Kier alpha value is -2.28. The van der Waals surface area contributed by atoms with Gasteiger partial charge in [0.25, 0.3) is 5.91 Å². The van der Waals surface area contributed by atoms with Gasteiger partial charge in [0.05, 0.1) is 18.6 Å². The summed E-state index contributed by atoms with van der Waals surface area (Å²) in [5, 5.41) is 7.33. The molecule has 1 amide bonds. The van der Waals surface area contributed by atoms with E-state index in [-0.39, 0.29) is 17.1 Å². The topological polar surface area (TPSA) is 75.3 Å². The standard InChI is InChI=1S/C17H19N3O3S/c1-23-16(21)11-24-13-7-8-20(10-13)17(22)15-9-14(18-19-15)12-5-3-2-4-6-12/h2-6,9,13H,7-8,10-11H2,1H3,(H,18,19)/t13-/m1/s1. The number of benzene rings is 1. The molecular weight excluding hydrogens is 326 g/mol. The monoisotopic (exact) mass is 345 g/mol. The third-order valence-corrected chi connectivity index (χ3v) is 5.23. The summed E-state index contributed by atoms with van der Waals surface area (Å²) in [4.78, 5) is 25.6. The van der Waals surface area contributed by atoms with E-state index >= 15 is 0 Å². The largest absolute Gasteiger partial charge is 0.468 e. The molecule has 1 fully saturated rings. The van der Waals surface area contributed by atoms with Gasteiger partial charge < -0.3 is 9.64 Å². The second-order valence-corrected chi connectivity index (χ2v) is 6.87. The third kappa shape index (κ3) is 3.79. The first-order valence-electron chi connectivity index (χ1n) is 7.76. The SMILES string of the molecule is COC(=O)CS[C@@H]1CCN(C(=O)c2cc(-c3ccccc3)n[nH]2)C1. The fourth-order valence-corrected chi connectivity index (χ4v) is 3.70. The molecule has 7 heteroatoms. The zero-order chi connectivity index (χ0) is 16.9. The van der Waals surface area contributed by atoms with Gasteiger partial charge in [-0.1, -0.05) is 30.3 Å². The minimum Gasteiger partial charge on any atom is -0.468 e. The van der Waals surface area contributed by atoms with E-state index in [1.54, 1.807) is 22.7 Å². The van der Waals surface area contributed by atoms with Crippen LogP contribution in [0.25, 0.3) is 11.3 Å². The number of aromatic amines is 1. The molecule has 1 aliphatic heterocycles. The first kappa shape index (κ1) is 16.6. The highest BCUT2D eigenvalue weighted by atomic mass is 32.2. The van der Waals surface area contributed by atoms with Crippen LogP contribution in [0.15, 0.2) is 36.4 Å². The van der Waals surface area contributed by atoms with E-state index in [9.17, 15) is 9.59 Å². The van der Waals surface area contributed by atoms with Crippen molar-refractivity contribution in [2.75, 3.05) is 26.0 Å². The van der Waals surface area contributed by atoms with Crippen molar-refractivity contribution in [3.8, 4) is 11.3 Å². The van der Waals surface area contributed by atoms with Gasteiger partial charge in [0.1, 0.15) is 5.69 Å². The zero-order valence-corrected chi connectivity index (χ0v) is 14.2. The number of nitrogens with zero attached hydrogens (tertiary/aromatic N) is 2. The third-order valence-electron chi connectivity index (χ3n) is 3.97. The van der Waals surface area contributed by atoms with Gasteiger partial charge in [-0.25, -0.2) is 0 Å². The number of likely N-dealkylation sites (tertiary alicyclic amines) is 1. The van der Waals surface area contributed by atoms with E-state index < -0.39 is 0 Å². The zero-order valence-electron chi connectivity index (χ0n) is 13.4. The number of amides is 1. The summed E-state index contributed by atoms with van der Waals surface area (Å²) in [6.07, 6.45) is 0.882. The molecule has 0 spiro atoms. The van der Waals surface area contributed by atoms with Crippen LogP contribution in [0.5, 0.6) is 0 Å². The van der Waals surface area contributed by atoms with Crippen molar-refractivity contribution < 1.29 is 14.3 Å². The number of carbonyl (C=O) groups is 2. The molecule has 2 aromatic rings. The number of H-pyrrole nitrogens is 1. The molecular formula is C17H19N3O3S. The first-order chi connectivity index (χ1) is 11.7. The summed E-state index contributed by atoms with van der Waals surface area (Å²) in [6.45, 7) is 1.33. The molecule has 3 rings (SSSR count). The number of esters is 1. The van der Waals surface area contributed by atoms with Crippen LogP contribution in [0.4, 0.5) is 0 Å². The van der Waals surface area contributed by atoms with Crippen LogP contribution in [-0.4, -0.2) is 58.2 Å². The first-order valence-corrected chi connectivity index (χ1v) is 8.81. The van der Waals surface area contributed by atoms with Crippen LogP contribution in [0.1, 0.15) is 16.9 Å². The lowest BCUT2D eigenvalue weighted by molar-refractivity contribution is -0.137. The van der Waals surface area contributed by atoms with Crippen LogP contribution in [0.3, 0.4) is 0 Å². The minimum absolute atomic E-state index is 0.0501. The van der Waals surface area contributed by atoms with Crippen molar-refractivity contribution in [2.45, 2.75) is 11.7 Å². The number of methoxy groups -OCH3 is 1. The van der Waals surface area contributed by atoms with Gasteiger partial charge in [0, 0.05) is 23.9 Å². The summed E-state index contributed by atoms with van der Waals surface area (Å²) >= 11 is 1.54. The molecule has 24 heavy (non-hydrogen) atoms. The van der Waals surface area contributed by atoms with Crippen molar-refractivity contribution in [2.24, 2.45) is 0 Å². The molecule has 1 aliphatic rings. The average Bonchev–Trinajstić information content (AvgIpc) is 3.29. The Bertz CT molecular complexity index is 717. The van der Waals surface area contributed by atoms with Crippen LogP contribution < -0.4 is 0 Å². The predicted molar refractivity (Wildman–Crippen MR) is 92.8 cm³/mol. The number of aromatic nitrogens is 2. The lowest BCUT2D eigenvalue weighted by atomic mass is 10.1. The van der Waals surface area contributed by atoms with E-state index in [1.165, 1.54) is 7.11 Å². The summed E-state index contributed by atoms with van der Waals surface area (Å²) in [7, 11) is 1.38. The summed E-state index contributed by atoms with van der Waals surface area (Å²) in [5.41, 5.74) is 2.22. The minimum atomic E-state index is -0.231. The molecule has 1 saturated heterocycles. The second-order valence-electron chi connectivity index (χ2n) is 5.58. The predicted octanol–water partition coefficient (Wildman–Crippen LogP) is 2.20. The molecule has 6 nitrogen and oxygen atoms in total. The number of rotatable bonds is 5. The van der Waals surface area contributed by atoms with E-state index in [0.717, 1.165) is 17.7 Å². The van der Waals surface area contributed by atoms with Crippen LogP contribution >= 0.6 is 11.8 Å². The second kappa shape index (κ2) is 7.53. The van der Waals surface area contributed by atoms with Crippen LogP contribution in [0.2, 0.25) is 0 Å². The summed E-state index contributed by atoms with van der Waals surface area (Å²) in [6, 6.07) is 11.5. The van der Waals surface area contributed by atoms with Crippen molar-refractivity contribution in [3.63, 3.8) is 0 Å². The highest BCUT2D eigenvalue weighted by Gasteiger charge is 2.28. The maximum absolute atomic E-state index is 12.6. The molecule has 2 heterocycles. The normalized spacial score (nSPS) is 17.0. The van der Waals surface area contributed by atoms with Gasteiger partial charge >= 0.3 is 5.97 Å². The highest BCUT2D eigenvalue weighted by molar-refractivity contribution is 8.00. The molecule has 0 radical (unpaired) electrons. The van der Waals surface area contributed by atoms with E-state index in [1.807, 2.05) is 30.3 Å². The Kier molecular flexibility index (Phi) is 5.20.